The van der Waals surface area contributed by atoms with Gasteiger partial charge in [0.25, 0.3) is 5.91 Å². The molecule has 3 aliphatic heterocycles. The number of carbonyl (C=O) groups is 1. The number of halogens is 3. The highest BCUT2D eigenvalue weighted by Gasteiger charge is 2.31. The SMILES string of the molecule is CC(c1cc(F)c(F)cc1F)N1CCNc2ncc(-c3ccc(C(=O)N4CCC[C@H]4CN4CCCC4)cc3)cc21. The van der Waals surface area contributed by atoms with Crippen molar-refractivity contribution in [1.29, 1.82) is 0 Å². The highest BCUT2D eigenvalue weighted by atomic mass is 19.2. The Morgan fingerprint density at radius 2 is 1.70 bits per heavy atom. The van der Waals surface area contributed by atoms with Gasteiger partial charge in [0.05, 0.1) is 11.7 Å². The van der Waals surface area contributed by atoms with Crippen LogP contribution in [0.15, 0.2) is 48.7 Å². The van der Waals surface area contributed by atoms with Crippen molar-refractivity contribution in [3.8, 4) is 11.1 Å². The molecule has 2 fully saturated rings. The number of hydrogen-bond acceptors (Lipinski definition) is 5. The molecule has 4 heterocycles. The van der Waals surface area contributed by atoms with Crippen molar-refractivity contribution >= 4 is 17.4 Å². The lowest BCUT2D eigenvalue weighted by molar-refractivity contribution is 0.0709. The fraction of sp³-hybridized carbons (Fsp3) is 0.419. The number of amides is 1. The van der Waals surface area contributed by atoms with Crippen molar-refractivity contribution in [3.63, 3.8) is 0 Å². The number of nitrogens with zero attached hydrogens (tertiary/aromatic N) is 4. The quantitative estimate of drug-likeness (QED) is 0.391. The van der Waals surface area contributed by atoms with Crippen LogP contribution in [0, 0.1) is 17.5 Å². The Labute approximate surface area is 232 Å². The number of carbonyl (C=O) groups excluding carboxylic acids is 1. The minimum absolute atomic E-state index is 0.0783. The molecule has 0 bridgehead atoms. The standard InChI is InChI=1S/C31H34F3N5O/c1-20(25-16-27(33)28(34)17-26(25)32)38-14-10-35-30-29(38)15-23(18-36-30)21-6-8-22(9-7-21)31(40)39-13-4-5-24(39)19-37-11-2-3-12-37/h6-9,15-18,20,24H,2-5,10-14,19H2,1H3,(H,35,36)/t20?,24-/m0/s1. The van der Waals surface area contributed by atoms with E-state index in [4.69, 9.17) is 0 Å². The Morgan fingerprint density at radius 1 is 0.950 bits per heavy atom. The summed E-state index contributed by atoms with van der Waals surface area (Å²) in [6, 6.07) is 10.8. The van der Waals surface area contributed by atoms with Crippen LogP contribution in [0.1, 0.15) is 54.6 Å². The summed E-state index contributed by atoms with van der Waals surface area (Å²) in [6.07, 6.45) is 6.35. The molecule has 1 unspecified atom stereocenters. The largest absolute Gasteiger partial charge is 0.367 e. The van der Waals surface area contributed by atoms with Crippen LogP contribution in [0.2, 0.25) is 0 Å². The zero-order chi connectivity index (χ0) is 27.8. The number of nitrogens with one attached hydrogen (secondary N) is 1. The van der Waals surface area contributed by atoms with E-state index in [9.17, 15) is 18.0 Å². The van der Waals surface area contributed by atoms with Gasteiger partial charge in [-0.15, -0.1) is 0 Å². The van der Waals surface area contributed by atoms with Gasteiger partial charge in [-0.2, -0.15) is 0 Å². The third kappa shape index (κ3) is 5.14. The molecule has 0 saturated carbocycles. The summed E-state index contributed by atoms with van der Waals surface area (Å²) in [6.45, 7) is 6.91. The van der Waals surface area contributed by atoms with Gasteiger partial charge in [-0.3, -0.25) is 4.79 Å². The lowest BCUT2D eigenvalue weighted by Crippen LogP contribution is -2.42. The van der Waals surface area contributed by atoms with Crippen molar-refractivity contribution in [3.05, 3.63) is 77.2 Å². The molecular weight excluding hydrogens is 515 g/mol. The van der Waals surface area contributed by atoms with Crippen LogP contribution in [0.25, 0.3) is 11.1 Å². The van der Waals surface area contributed by atoms with Gasteiger partial charge in [-0.05, 0) is 75.5 Å². The summed E-state index contributed by atoms with van der Waals surface area (Å²) < 4.78 is 42.1. The molecule has 0 spiro atoms. The minimum atomic E-state index is -1.20. The van der Waals surface area contributed by atoms with Gasteiger partial charge in [0.1, 0.15) is 11.6 Å². The third-order valence-electron chi connectivity index (χ3n) is 8.55. The summed E-state index contributed by atoms with van der Waals surface area (Å²) in [5.74, 6) is -2.33. The fourth-order valence-corrected chi connectivity index (χ4v) is 6.34. The second-order valence-corrected chi connectivity index (χ2v) is 11.1. The zero-order valence-corrected chi connectivity index (χ0v) is 22.7. The fourth-order valence-electron chi connectivity index (χ4n) is 6.34. The second-order valence-electron chi connectivity index (χ2n) is 11.1. The van der Waals surface area contributed by atoms with Gasteiger partial charge in [0.2, 0.25) is 0 Å². The number of fused-ring (bicyclic) bond motifs is 1. The number of benzene rings is 2. The molecule has 1 amide bonds. The summed E-state index contributed by atoms with van der Waals surface area (Å²) in [5, 5.41) is 3.26. The number of hydrogen-bond donors (Lipinski definition) is 1. The molecular formula is C31H34F3N5O. The van der Waals surface area contributed by atoms with E-state index in [-0.39, 0.29) is 17.5 Å². The molecule has 2 atom stereocenters. The molecule has 1 N–H and O–H groups in total. The summed E-state index contributed by atoms with van der Waals surface area (Å²) >= 11 is 0. The highest BCUT2D eigenvalue weighted by molar-refractivity contribution is 5.95. The maximum absolute atomic E-state index is 14.6. The predicted molar refractivity (Wildman–Crippen MR) is 150 cm³/mol. The molecule has 6 rings (SSSR count). The molecule has 210 valence electrons. The lowest BCUT2D eigenvalue weighted by Gasteiger charge is -2.36. The average Bonchev–Trinajstić information content (AvgIpc) is 3.66. The van der Waals surface area contributed by atoms with Gasteiger partial charge in [-0.25, -0.2) is 18.2 Å². The maximum atomic E-state index is 14.6. The highest BCUT2D eigenvalue weighted by Crippen LogP contribution is 2.37. The number of likely N-dealkylation sites (tertiary alicyclic amines) is 2. The van der Waals surface area contributed by atoms with Gasteiger partial charge >= 0.3 is 0 Å². The van der Waals surface area contributed by atoms with E-state index in [1.54, 1.807) is 13.1 Å². The van der Waals surface area contributed by atoms with Gasteiger partial charge < -0.3 is 20.0 Å². The zero-order valence-electron chi connectivity index (χ0n) is 22.7. The molecule has 9 heteroatoms. The molecule has 1 aromatic heterocycles. The van der Waals surface area contributed by atoms with Crippen molar-refractivity contribution in [2.45, 2.75) is 44.7 Å². The monoisotopic (exact) mass is 549 g/mol. The third-order valence-corrected chi connectivity index (χ3v) is 8.55. The molecule has 0 aliphatic carbocycles. The van der Waals surface area contributed by atoms with E-state index in [0.717, 1.165) is 61.9 Å². The molecule has 3 aromatic rings. The van der Waals surface area contributed by atoms with Crippen molar-refractivity contribution < 1.29 is 18.0 Å². The summed E-state index contributed by atoms with van der Waals surface area (Å²) in [7, 11) is 0. The van der Waals surface area contributed by atoms with Crippen LogP contribution in [0.4, 0.5) is 24.7 Å². The second kappa shape index (κ2) is 11.1. The average molecular weight is 550 g/mol. The van der Waals surface area contributed by atoms with E-state index in [1.807, 2.05) is 40.1 Å². The van der Waals surface area contributed by atoms with Crippen LogP contribution in [0.5, 0.6) is 0 Å². The summed E-state index contributed by atoms with van der Waals surface area (Å²) in [4.78, 5) is 24.5. The van der Waals surface area contributed by atoms with Gasteiger partial charge in [0.15, 0.2) is 11.6 Å². The van der Waals surface area contributed by atoms with Crippen LogP contribution in [0.3, 0.4) is 0 Å². The molecule has 2 aromatic carbocycles. The Bertz CT molecular complexity index is 1390. The first kappa shape index (κ1) is 26.6. The maximum Gasteiger partial charge on any atom is 0.254 e. The predicted octanol–water partition coefficient (Wildman–Crippen LogP) is 5.86. The molecule has 2 saturated heterocycles. The Kier molecular flexibility index (Phi) is 7.40. The van der Waals surface area contributed by atoms with Crippen LogP contribution in [-0.4, -0.2) is 66.0 Å². The number of anilines is 2. The first-order valence-corrected chi connectivity index (χ1v) is 14.2. The van der Waals surface area contributed by atoms with Gasteiger partial charge in [-0.1, -0.05) is 12.1 Å². The Morgan fingerprint density at radius 3 is 2.48 bits per heavy atom. The first-order chi connectivity index (χ1) is 19.4. The Hall–Kier alpha value is -3.59. The smallest absolute Gasteiger partial charge is 0.254 e. The van der Waals surface area contributed by atoms with E-state index < -0.39 is 23.5 Å². The molecule has 6 nitrogen and oxygen atoms in total. The minimum Gasteiger partial charge on any atom is -0.367 e. The molecule has 3 aliphatic rings. The Balaban J connectivity index is 1.21. The van der Waals surface area contributed by atoms with E-state index >= 15 is 0 Å². The van der Waals surface area contributed by atoms with E-state index in [2.05, 4.69) is 15.2 Å². The van der Waals surface area contributed by atoms with E-state index in [1.165, 1.54) is 12.8 Å². The molecule has 0 radical (unpaired) electrons. The van der Waals surface area contributed by atoms with Gasteiger partial charge in [0, 0.05) is 61.2 Å². The van der Waals surface area contributed by atoms with Crippen LogP contribution < -0.4 is 10.2 Å². The number of pyridine rings is 1. The van der Waals surface area contributed by atoms with Crippen LogP contribution in [-0.2, 0) is 0 Å². The normalized spacial score (nSPS) is 19.9. The topological polar surface area (TPSA) is 51.7 Å². The van der Waals surface area contributed by atoms with Crippen molar-refractivity contribution in [1.82, 2.24) is 14.8 Å². The molecule has 40 heavy (non-hydrogen) atoms. The van der Waals surface area contributed by atoms with Crippen LogP contribution >= 0.6 is 0 Å². The first-order valence-electron chi connectivity index (χ1n) is 14.2. The number of rotatable bonds is 6. The summed E-state index contributed by atoms with van der Waals surface area (Å²) in [5.41, 5.74) is 3.26. The van der Waals surface area contributed by atoms with Crippen molar-refractivity contribution in [2.75, 3.05) is 49.5 Å². The lowest BCUT2D eigenvalue weighted by atomic mass is 10.0. The van der Waals surface area contributed by atoms with E-state index in [0.29, 0.717) is 30.5 Å². The number of aromatic nitrogens is 1. The van der Waals surface area contributed by atoms with Crippen molar-refractivity contribution in [2.24, 2.45) is 0 Å².